The van der Waals surface area contributed by atoms with Crippen LogP contribution in [-0.4, -0.2) is 77.7 Å². The van der Waals surface area contributed by atoms with Crippen LogP contribution in [0.15, 0.2) is 47.7 Å². The average Bonchev–Trinajstić information content (AvgIpc) is 3.27. The fourth-order valence-corrected chi connectivity index (χ4v) is 4.30. The van der Waals surface area contributed by atoms with Gasteiger partial charge in [-0.05, 0) is 18.4 Å². The molecule has 0 saturated carbocycles. The van der Waals surface area contributed by atoms with E-state index in [-0.39, 0.29) is 11.8 Å². The first-order chi connectivity index (χ1) is 15.2. The van der Waals surface area contributed by atoms with Crippen LogP contribution in [0.1, 0.15) is 24.2 Å². The highest BCUT2D eigenvalue weighted by Crippen LogP contribution is 2.20. The van der Waals surface area contributed by atoms with Crippen LogP contribution in [-0.2, 0) is 22.6 Å². The number of hydrogen-bond acceptors (Lipinski definition) is 4. The predicted octanol–water partition coefficient (Wildman–Crippen LogP) is 1.58. The van der Waals surface area contributed by atoms with Crippen molar-refractivity contribution in [2.24, 2.45) is 10.9 Å². The molecule has 166 valence electrons. The second-order valence-electron chi connectivity index (χ2n) is 8.06. The zero-order chi connectivity index (χ0) is 21.5. The van der Waals surface area contributed by atoms with Gasteiger partial charge < -0.3 is 24.4 Å². The fraction of sp³-hybridized carbons (Fsp3) is 0.522. The van der Waals surface area contributed by atoms with Crippen molar-refractivity contribution >= 4 is 11.9 Å². The Labute approximate surface area is 183 Å². The van der Waals surface area contributed by atoms with E-state index in [4.69, 9.17) is 4.74 Å². The molecule has 0 aliphatic carbocycles. The number of morpholine rings is 1. The van der Waals surface area contributed by atoms with Gasteiger partial charge in [-0.1, -0.05) is 30.3 Å². The molecule has 1 N–H and O–H groups in total. The first-order valence-electron chi connectivity index (χ1n) is 11.1. The van der Waals surface area contributed by atoms with Gasteiger partial charge in [0.25, 0.3) is 0 Å². The lowest BCUT2D eigenvalue weighted by atomic mass is 9.95. The lowest BCUT2D eigenvalue weighted by Crippen LogP contribution is -2.49. The van der Waals surface area contributed by atoms with Gasteiger partial charge in [-0.2, -0.15) is 0 Å². The minimum Gasteiger partial charge on any atom is -0.378 e. The number of carbonyl (C=O) groups excluding carboxylic acids is 1. The normalized spacial score (nSPS) is 18.3. The number of guanidine groups is 1. The number of piperidine rings is 1. The highest BCUT2D eigenvalue weighted by atomic mass is 16.5. The summed E-state index contributed by atoms with van der Waals surface area (Å²) in [4.78, 5) is 26.0. The van der Waals surface area contributed by atoms with E-state index in [0.29, 0.717) is 19.8 Å². The summed E-state index contributed by atoms with van der Waals surface area (Å²) in [5.41, 5.74) is 1.25. The van der Waals surface area contributed by atoms with Crippen molar-refractivity contribution < 1.29 is 9.53 Å². The third kappa shape index (κ3) is 5.44. The summed E-state index contributed by atoms with van der Waals surface area (Å²) in [7, 11) is 1.81. The van der Waals surface area contributed by atoms with Gasteiger partial charge in [0.15, 0.2) is 5.96 Å². The van der Waals surface area contributed by atoms with Crippen molar-refractivity contribution in [1.29, 1.82) is 0 Å². The first-order valence-corrected chi connectivity index (χ1v) is 11.1. The molecule has 2 saturated heterocycles. The SMILES string of the molecule is CN=C(NCc1nccn1Cc1ccccc1)N1CCC(C(=O)N2CCOCC2)CC1. The molecular weight excluding hydrogens is 392 g/mol. The molecule has 8 heteroatoms. The van der Waals surface area contributed by atoms with Crippen molar-refractivity contribution in [3.63, 3.8) is 0 Å². The number of rotatable bonds is 5. The Hall–Kier alpha value is -2.87. The number of carbonyl (C=O) groups is 1. The summed E-state index contributed by atoms with van der Waals surface area (Å²) >= 11 is 0. The van der Waals surface area contributed by atoms with E-state index in [9.17, 15) is 4.79 Å². The van der Waals surface area contributed by atoms with Crippen molar-refractivity contribution in [3.05, 3.63) is 54.1 Å². The lowest BCUT2D eigenvalue weighted by Gasteiger charge is -2.36. The first kappa shape index (κ1) is 21.4. The molecule has 1 amide bonds. The zero-order valence-corrected chi connectivity index (χ0v) is 18.2. The Kier molecular flexibility index (Phi) is 7.19. The van der Waals surface area contributed by atoms with Gasteiger partial charge in [-0.25, -0.2) is 4.98 Å². The molecule has 0 bridgehead atoms. The predicted molar refractivity (Wildman–Crippen MR) is 120 cm³/mol. The number of benzene rings is 1. The minimum absolute atomic E-state index is 0.109. The summed E-state index contributed by atoms with van der Waals surface area (Å²) in [6.07, 6.45) is 5.57. The van der Waals surface area contributed by atoms with E-state index in [1.54, 1.807) is 0 Å². The van der Waals surface area contributed by atoms with Crippen LogP contribution < -0.4 is 5.32 Å². The number of hydrogen-bond donors (Lipinski definition) is 1. The van der Waals surface area contributed by atoms with Crippen LogP contribution in [0, 0.1) is 5.92 Å². The van der Waals surface area contributed by atoms with Crippen molar-refractivity contribution in [3.8, 4) is 0 Å². The van der Waals surface area contributed by atoms with Gasteiger partial charge in [0.05, 0.1) is 19.8 Å². The highest BCUT2D eigenvalue weighted by molar-refractivity contribution is 5.81. The maximum atomic E-state index is 12.8. The van der Waals surface area contributed by atoms with Crippen LogP contribution in [0.4, 0.5) is 0 Å². The van der Waals surface area contributed by atoms with Gasteiger partial charge in [-0.3, -0.25) is 9.79 Å². The quantitative estimate of drug-likeness (QED) is 0.583. The van der Waals surface area contributed by atoms with Gasteiger partial charge >= 0.3 is 0 Å². The molecule has 2 aromatic rings. The molecule has 0 unspecified atom stereocenters. The van der Waals surface area contributed by atoms with Crippen molar-refractivity contribution in [1.82, 2.24) is 24.7 Å². The smallest absolute Gasteiger partial charge is 0.225 e. The number of nitrogens with zero attached hydrogens (tertiary/aromatic N) is 5. The topological polar surface area (TPSA) is 75.0 Å². The largest absolute Gasteiger partial charge is 0.378 e. The highest BCUT2D eigenvalue weighted by Gasteiger charge is 2.30. The number of imidazole rings is 1. The van der Waals surface area contributed by atoms with E-state index >= 15 is 0 Å². The molecule has 4 rings (SSSR count). The van der Waals surface area contributed by atoms with E-state index < -0.39 is 0 Å². The third-order valence-corrected chi connectivity index (χ3v) is 6.08. The van der Waals surface area contributed by atoms with Gasteiger partial charge in [0, 0.05) is 58.1 Å². The summed E-state index contributed by atoms with van der Waals surface area (Å²) in [5, 5.41) is 3.46. The monoisotopic (exact) mass is 424 g/mol. The van der Waals surface area contributed by atoms with Crippen LogP contribution in [0.3, 0.4) is 0 Å². The summed E-state index contributed by atoms with van der Waals surface area (Å²) in [6.45, 7) is 5.82. The molecule has 2 aliphatic rings. The maximum absolute atomic E-state index is 12.8. The Morgan fingerprint density at radius 2 is 1.87 bits per heavy atom. The molecular formula is C23H32N6O2. The van der Waals surface area contributed by atoms with E-state index in [0.717, 1.165) is 57.3 Å². The standard InChI is InChI=1S/C23H32N6O2/c1-24-23(26-17-21-25-9-12-29(21)18-19-5-3-2-4-6-19)28-10-7-20(8-11-28)22(30)27-13-15-31-16-14-27/h2-6,9,12,20H,7-8,10-11,13-18H2,1H3,(H,24,26). The molecule has 0 radical (unpaired) electrons. The van der Waals surface area contributed by atoms with Crippen LogP contribution in [0.25, 0.3) is 0 Å². The maximum Gasteiger partial charge on any atom is 0.225 e. The number of aromatic nitrogens is 2. The van der Waals surface area contributed by atoms with Gasteiger partial charge in [-0.15, -0.1) is 0 Å². The Balaban J connectivity index is 1.28. The van der Waals surface area contributed by atoms with Gasteiger partial charge in [0.2, 0.25) is 5.91 Å². The van der Waals surface area contributed by atoms with Crippen LogP contribution in [0.5, 0.6) is 0 Å². The van der Waals surface area contributed by atoms with Crippen LogP contribution in [0.2, 0.25) is 0 Å². The Bertz CT molecular complexity index is 867. The molecule has 31 heavy (non-hydrogen) atoms. The molecule has 1 aromatic carbocycles. The summed E-state index contributed by atoms with van der Waals surface area (Å²) in [5.74, 6) is 2.24. The van der Waals surface area contributed by atoms with Gasteiger partial charge in [0.1, 0.15) is 5.82 Å². The van der Waals surface area contributed by atoms with Crippen molar-refractivity contribution in [2.75, 3.05) is 46.4 Å². The molecule has 2 fully saturated rings. The lowest BCUT2D eigenvalue weighted by molar-refractivity contribution is -0.140. The fourth-order valence-electron chi connectivity index (χ4n) is 4.30. The second-order valence-corrected chi connectivity index (χ2v) is 8.06. The number of aliphatic imine (C=N–C) groups is 1. The summed E-state index contributed by atoms with van der Waals surface area (Å²) < 4.78 is 7.52. The molecule has 2 aliphatic heterocycles. The third-order valence-electron chi connectivity index (χ3n) is 6.08. The molecule has 3 heterocycles. The number of amides is 1. The molecule has 0 spiro atoms. The van der Waals surface area contributed by atoms with Crippen LogP contribution >= 0.6 is 0 Å². The summed E-state index contributed by atoms with van der Waals surface area (Å²) in [6, 6.07) is 10.4. The molecule has 1 aromatic heterocycles. The van der Waals surface area contributed by atoms with E-state index in [1.807, 2.05) is 30.4 Å². The molecule has 8 nitrogen and oxygen atoms in total. The number of likely N-dealkylation sites (tertiary alicyclic amines) is 1. The minimum atomic E-state index is 0.109. The number of nitrogens with one attached hydrogen (secondary N) is 1. The zero-order valence-electron chi connectivity index (χ0n) is 18.2. The average molecular weight is 425 g/mol. The Morgan fingerprint density at radius 3 is 2.58 bits per heavy atom. The number of ether oxygens (including phenoxy) is 1. The van der Waals surface area contributed by atoms with E-state index in [2.05, 4.69) is 49.0 Å². The second kappa shape index (κ2) is 10.4. The van der Waals surface area contributed by atoms with Crippen molar-refractivity contribution in [2.45, 2.75) is 25.9 Å². The Morgan fingerprint density at radius 1 is 1.13 bits per heavy atom. The molecule has 0 atom stereocenters. The van der Waals surface area contributed by atoms with E-state index in [1.165, 1.54) is 5.56 Å².